The summed E-state index contributed by atoms with van der Waals surface area (Å²) < 4.78 is 54.6. The normalized spacial score (nSPS) is 12.2. The van der Waals surface area contributed by atoms with E-state index < -0.39 is 36.6 Å². The molecule has 0 rings (SSSR count). The van der Waals surface area contributed by atoms with E-state index in [1.54, 1.807) is 0 Å². The Kier molecular flexibility index (Phi) is 4.75. The van der Waals surface area contributed by atoms with Crippen molar-refractivity contribution in [3.8, 4) is 0 Å². The zero-order valence-corrected chi connectivity index (χ0v) is 7.43. The number of ether oxygens (including phenoxy) is 2. The minimum Gasteiger partial charge on any atom is -0.461 e. The summed E-state index contributed by atoms with van der Waals surface area (Å²) in [5, 5.41) is 0. The van der Waals surface area contributed by atoms with Gasteiger partial charge in [0.2, 0.25) is 0 Å². The van der Waals surface area contributed by atoms with Gasteiger partial charge in [-0.05, 0) is 0 Å². The molecule has 0 aromatic heterocycles. The topological polar surface area (TPSA) is 52.6 Å². The smallest absolute Gasteiger partial charge is 0.417 e. The van der Waals surface area contributed by atoms with Crippen molar-refractivity contribution in [2.75, 3.05) is 13.7 Å². The van der Waals surface area contributed by atoms with Crippen LogP contribution < -0.4 is 0 Å². The van der Waals surface area contributed by atoms with E-state index in [0.29, 0.717) is 0 Å². The van der Waals surface area contributed by atoms with Crippen LogP contribution in [-0.2, 0) is 19.1 Å². The number of carbonyl (C=O) groups is 2. The maximum Gasteiger partial charge on any atom is 0.417 e. The molecule has 0 aliphatic rings. The van der Waals surface area contributed by atoms with Crippen LogP contribution in [-0.4, -0.2) is 31.8 Å². The van der Waals surface area contributed by atoms with Crippen molar-refractivity contribution in [3.63, 3.8) is 0 Å². The molecular formula is C7H6F4O4. The Hall–Kier alpha value is -1.60. The summed E-state index contributed by atoms with van der Waals surface area (Å²) in [6.45, 7) is -1.27. The Balaban J connectivity index is 4.13. The van der Waals surface area contributed by atoms with Gasteiger partial charge in [0.15, 0.2) is 0 Å². The molecule has 86 valence electrons. The molecule has 0 radical (unpaired) electrons. The number of hydrogen-bond acceptors (Lipinski definition) is 4. The molecule has 0 aromatic rings. The van der Waals surface area contributed by atoms with Crippen molar-refractivity contribution >= 4 is 11.9 Å². The Morgan fingerprint density at radius 3 is 2.20 bits per heavy atom. The van der Waals surface area contributed by atoms with E-state index in [2.05, 4.69) is 9.47 Å². The fourth-order valence-electron chi connectivity index (χ4n) is 0.496. The molecule has 0 aliphatic carbocycles. The van der Waals surface area contributed by atoms with Crippen LogP contribution in [0.4, 0.5) is 17.6 Å². The maximum absolute atomic E-state index is 12.3. The van der Waals surface area contributed by atoms with E-state index >= 15 is 0 Å². The molecule has 0 atom stereocenters. The standard InChI is InChI=1S/C7H6F4O4/c1-14-5(12)6(13)15-3-4(8)2-7(9,10)11/h2H,3H2,1H3. The third-order valence-electron chi connectivity index (χ3n) is 1.01. The Labute approximate surface area is 81.5 Å². The Morgan fingerprint density at radius 2 is 1.80 bits per heavy atom. The first-order valence-electron chi connectivity index (χ1n) is 3.45. The first-order valence-corrected chi connectivity index (χ1v) is 3.45. The molecule has 0 bridgehead atoms. The summed E-state index contributed by atoms with van der Waals surface area (Å²) in [5.41, 5.74) is 0. The van der Waals surface area contributed by atoms with Crippen LogP contribution >= 0.6 is 0 Å². The van der Waals surface area contributed by atoms with Crippen LogP contribution in [0.5, 0.6) is 0 Å². The van der Waals surface area contributed by atoms with Crippen molar-refractivity contribution in [2.45, 2.75) is 6.18 Å². The zero-order valence-electron chi connectivity index (χ0n) is 7.43. The molecule has 0 aromatic carbocycles. The van der Waals surface area contributed by atoms with Crippen LogP contribution in [0.2, 0.25) is 0 Å². The van der Waals surface area contributed by atoms with Gasteiger partial charge in [-0.1, -0.05) is 0 Å². The zero-order chi connectivity index (χ0) is 12.1. The summed E-state index contributed by atoms with van der Waals surface area (Å²) in [5.74, 6) is -4.71. The highest BCUT2D eigenvalue weighted by molar-refractivity contribution is 6.29. The molecule has 0 amide bonds. The first kappa shape index (κ1) is 13.4. The Morgan fingerprint density at radius 1 is 1.27 bits per heavy atom. The second-order valence-electron chi connectivity index (χ2n) is 2.20. The number of halogens is 4. The molecule has 0 unspecified atom stereocenters. The van der Waals surface area contributed by atoms with Crippen LogP contribution in [0.15, 0.2) is 11.9 Å². The van der Waals surface area contributed by atoms with Gasteiger partial charge in [0, 0.05) is 0 Å². The van der Waals surface area contributed by atoms with Crippen molar-refractivity contribution < 1.29 is 36.6 Å². The number of alkyl halides is 3. The second-order valence-corrected chi connectivity index (χ2v) is 2.20. The van der Waals surface area contributed by atoms with Crippen molar-refractivity contribution in [3.05, 3.63) is 11.9 Å². The summed E-state index contributed by atoms with van der Waals surface area (Å²) in [6, 6.07) is 0. The molecule has 0 saturated heterocycles. The average Bonchev–Trinajstić information content (AvgIpc) is 2.10. The minimum atomic E-state index is -4.85. The van der Waals surface area contributed by atoms with Gasteiger partial charge in [-0.3, -0.25) is 0 Å². The third-order valence-corrected chi connectivity index (χ3v) is 1.01. The van der Waals surface area contributed by atoms with E-state index in [0.717, 1.165) is 7.11 Å². The molecule has 15 heavy (non-hydrogen) atoms. The predicted molar refractivity (Wildman–Crippen MR) is 38.2 cm³/mol. The summed E-state index contributed by atoms with van der Waals surface area (Å²) in [7, 11) is 0.867. The molecule has 8 heteroatoms. The fourth-order valence-corrected chi connectivity index (χ4v) is 0.496. The lowest BCUT2D eigenvalue weighted by atomic mass is 10.5. The highest BCUT2D eigenvalue weighted by Crippen LogP contribution is 2.19. The van der Waals surface area contributed by atoms with E-state index in [9.17, 15) is 27.2 Å². The average molecular weight is 230 g/mol. The summed E-state index contributed by atoms with van der Waals surface area (Å²) in [4.78, 5) is 20.8. The quantitative estimate of drug-likeness (QED) is 0.405. The highest BCUT2D eigenvalue weighted by Gasteiger charge is 2.25. The number of esters is 2. The van der Waals surface area contributed by atoms with Gasteiger partial charge in [0.1, 0.15) is 12.4 Å². The number of carbonyl (C=O) groups excluding carboxylic acids is 2. The van der Waals surface area contributed by atoms with Gasteiger partial charge in [-0.2, -0.15) is 13.2 Å². The van der Waals surface area contributed by atoms with E-state index in [1.807, 2.05) is 0 Å². The lowest BCUT2D eigenvalue weighted by molar-refractivity contribution is -0.165. The van der Waals surface area contributed by atoms with E-state index in [4.69, 9.17) is 0 Å². The molecular weight excluding hydrogens is 224 g/mol. The molecule has 0 N–H and O–H groups in total. The second kappa shape index (κ2) is 5.32. The highest BCUT2D eigenvalue weighted by atomic mass is 19.4. The minimum absolute atomic E-state index is 0.683. The lowest BCUT2D eigenvalue weighted by Crippen LogP contribution is -2.19. The Bertz CT molecular complexity index is 281. The van der Waals surface area contributed by atoms with Gasteiger partial charge in [-0.25, -0.2) is 14.0 Å². The van der Waals surface area contributed by atoms with Crippen LogP contribution in [0.25, 0.3) is 0 Å². The third kappa shape index (κ3) is 6.47. The molecule has 4 nitrogen and oxygen atoms in total. The molecule has 0 heterocycles. The SMILES string of the molecule is COC(=O)C(=O)OCC(F)=CC(F)(F)F. The summed E-state index contributed by atoms with van der Waals surface area (Å²) in [6.07, 6.45) is -5.53. The molecule has 0 aliphatic heterocycles. The van der Waals surface area contributed by atoms with Crippen molar-refractivity contribution in [1.29, 1.82) is 0 Å². The fraction of sp³-hybridized carbons (Fsp3) is 0.429. The molecule has 0 spiro atoms. The maximum atomic E-state index is 12.3. The van der Waals surface area contributed by atoms with E-state index in [-0.39, 0.29) is 0 Å². The predicted octanol–water partition coefficient (Wildman–Crippen LogP) is 1.12. The first-order chi connectivity index (χ1) is 6.76. The van der Waals surface area contributed by atoms with E-state index in [1.165, 1.54) is 0 Å². The molecule has 0 fully saturated rings. The number of methoxy groups -OCH3 is 1. The van der Waals surface area contributed by atoms with Crippen LogP contribution in [0, 0.1) is 0 Å². The largest absolute Gasteiger partial charge is 0.461 e. The van der Waals surface area contributed by atoms with Gasteiger partial charge >= 0.3 is 18.1 Å². The van der Waals surface area contributed by atoms with Crippen LogP contribution in [0.3, 0.4) is 0 Å². The van der Waals surface area contributed by atoms with Gasteiger partial charge < -0.3 is 9.47 Å². The number of hydrogen-bond donors (Lipinski definition) is 0. The molecule has 0 saturated carbocycles. The van der Waals surface area contributed by atoms with Gasteiger partial charge in [0.25, 0.3) is 0 Å². The lowest BCUT2D eigenvalue weighted by Gasteiger charge is -2.02. The number of allylic oxidation sites excluding steroid dienone is 1. The van der Waals surface area contributed by atoms with Crippen molar-refractivity contribution in [2.24, 2.45) is 0 Å². The van der Waals surface area contributed by atoms with Gasteiger partial charge in [-0.15, -0.1) is 0 Å². The summed E-state index contributed by atoms with van der Waals surface area (Å²) >= 11 is 0. The van der Waals surface area contributed by atoms with Gasteiger partial charge in [0.05, 0.1) is 13.2 Å². The van der Waals surface area contributed by atoms with Crippen molar-refractivity contribution in [1.82, 2.24) is 0 Å². The number of rotatable bonds is 2. The van der Waals surface area contributed by atoms with Crippen LogP contribution in [0.1, 0.15) is 0 Å². The monoisotopic (exact) mass is 230 g/mol.